The number of ether oxygens (including phenoxy) is 8. The Hall–Kier alpha value is -2.71. The van der Waals surface area contributed by atoms with Gasteiger partial charge in [-0.2, -0.15) is 0 Å². The molecule has 2 saturated heterocycles. The van der Waals surface area contributed by atoms with E-state index in [0.717, 1.165) is 18.5 Å². The van der Waals surface area contributed by atoms with Gasteiger partial charge < -0.3 is 47.7 Å². The third-order valence-corrected chi connectivity index (χ3v) is 6.76. The zero-order valence-corrected chi connectivity index (χ0v) is 27.9. The number of piperazine rings is 1. The van der Waals surface area contributed by atoms with Crippen molar-refractivity contribution < 1.29 is 47.5 Å². The summed E-state index contributed by atoms with van der Waals surface area (Å²) in [6, 6.07) is 4.45. The van der Waals surface area contributed by atoms with Crippen molar-refractivity contribution in [1.82, 2.24) is 9.88 Å². The minimum Gasteiger partial charge on any atom is -0.475 e. The first-order valence-electron chi connectivity index (χ1n) is 15.9. The summed E-state index contributed by atoms with van der Waals surface area (Å²) in [5, 5.41) is 0. The molecule has 13 heteroatoms. The van der Waals surface area contributed by atoms with E-state index in [1.54, 1.807) is 6.20 Å². The fraction of sp³-hybridized carbons (Fsp3) is 0.781. The molecule has 0 N–H and O–H groups in total. The number of fused-ring (bicyclic) bond motifs is 2. The van der Waals surface area contributed by atoms with Crippen LogP contribution in [0.25, 0.3) is 0 Å². The van der Waals surface area contributed by atoms with E-state index < -0.39 is 11.2 Å². The van der Waals surface area contributed by atoms with Gasteiger partial charge in [-0.05, 0) is 60.5 Å². The first-order valence-corrected chi connectivity index (χ1v) is 15.9. The van der Waals surface area contributed by atoms with Crippen molar-refractivity contribution in [3.05, 3.63) is 18.3 Å². The van der Waals surface area contributed by atoms with Crippen molar-refractivity contribution >= 4 is 17.7 Å². The maximum absolute atomic E-state index is 12.6. The Morgan fingerprint density at radius 3 is 1.73 bits per heavy atom. The molecule has 1 aromatic rings. The molecule has 2 atom stereocenters. The maximum Gasteiger partial charge on any atom is 0.410 e. The Labute approximate surface area is 267 Å². The lowest BCUT2D eigenvalue weighted by Crippen LogP contribution is -2.56. The number of hydrogen-bond donors (Lipinski definition) is 0. The molecule has 0 aromatic carbocycles. The van der Waals surface area contributed by atoms with Crippen LogP contribution in [0.2, 0.25) is 0 Å². The van der Waals surface area contributed by atoms with Crippen molar-refractivity contribution in [3.8, 4) is 5.88 Å². The van der Waals surface area contributed by atoms with Crippen LogP contribution in [-0.4, -0.2) is 131 Å². The highest BCUT2D eigenvalue weighted by Crippen LogP contribution is 2.36. The number of nitrogens with zero attached hydrogens (tertiary/aromatic N) is 3. The smallest absolute Gasteiger partial charge is 0.410 e. The number of likely N-dealkylation sites (tertiary alicyclic amines) is 1. The summed E-state index contributed by atoms with van der Waals surface area (Å²) in [4.78, 5) is 32.7. The van der Waals surface area contributed by atoms with Gasteiger partial charge in [-0.3, -0.25) is 0 Å². The Balaban J connectivity index is 1.16. The average Bonchev–Trinajstić information content (AvgIpc) is 3.21. The van der Waals surface area contributed by atoms with E-state index >= 15 is 0 Å². The maximum atomic E-state index is 12.6. The number of anilines is 1. The van der Waals surface area contributed by atoms with Gasteiger partial charge in [0.1, 0.15) is 24.4 Å². The summed E-state index contributed by atoms with van der Waals surface area (Å²) in [7, 11) is 0. The van der Waals surface area contributed by atoms with Crippen LogP contribution in [0.5, 0.6) is 5.88 Å². The van der Waals surface area contributed by atoms with E-state index in [-0.39, 0.29) is 30.8 Å². The van der Waals surface area contributed by atoms with Crippen LogP contribution in [-0.2, 0) is 38.0 Å². The molecule has 13 nitrogen and oxygen atoms in total. The summed E-state index contributed by atoms with van der Waals surface area (Å²) < 4.78 is 43.8. The molecule has 2 bridgehead atoms. The molecular weight excluding hydrogens is 586 g/mol. The molecule has 3 heterocycles. The molecule has 3 rings (SSSR count). The molecule has 45 heavy (non-hydrogen) atoms. The molecule has 2 aliphatic heterocycles. The van der Waals surface area contributed by atoms with Gasteiger partial charge in [0.15, 0.2) is 0 Å². The fourth-order valence-corrected chi connectivity index (χ4v) is 5.05. The largest absolute Gasteiger partial charge is 0.475 e. The lowest BCUT2D eigenvalue weighted by atomic mass is 10.1. The summed E-state index contributed by atoms with van der Waals surface area (Å²) in [5.74, 6) is 0.163. The first-order chi connectivity index (χ1) is 21.4. The number of rotatable bonds is 19. The first kappa shape index (κ1) is 36.8. The van der Waals surface area contributed by atoms with Crippen LogP contribution in [0.4, 0.5) is 10.5 Å². The highest BCUT2D eigenvalue weighted by molar-refractivity contribution is 5.71. The quantitative estimate of drug-likeness (QED) is 0.162. The van der Waals surface area contributed by atoms with Crippen LogP contribution in [0.15, 0.2) is 18.3 Å². The molecule has 1 amide bonds. The normalized spacial score (nSPS) is 18.3. The van der Waals surface area contributed by atoms with Crippen molar-refractivity contribution in [2.75, 3.05) is 90.7 Å². The van der Waals surface area contributed by atoms with Gasteiger partial charge in [0.25, 0.3) is 0 Å². The topological polar surface area (TPSA) is 127 Å². The lowest BCUT2D eigenvalue weighted by molar-refractivity contribution is -0.160. The second kappa shape index (κ2) is 18.4. The summed E-state index contributed by atoms with van der Waals surface area (Å²) in [6.07, 6.45) is 3.59. The second-order valence-corrected chi connectivity index (χ2v) is 13.0. The second-order valence-electron chi connectivity index (χ2n) is 13.0. The van der Waals surface area contributed by atoms with Crippen LogP contribution in [0, 0.1) is 0 Å². The number of carbonyl (C=O) groups is 2. The van der Waals surface area contributed by atoms with Gasteiger partial charge in [0.2, 0.25) is 5.88 Å². The predicted molar refractivity (Wildman–Crippen MR) is 167 cm³/mol. The molecule has 2 unspecified atom stereocenters. The van der Waals surface area contributed by atoms with E-state index in [1.807, 2.05) is 58.6 Å². The van der Waals surface area contributed by atoms with E-state index in [1.165, 1.54) is 0 Å². The zero-order chi connectivity index (χ0) is 32.7. The number of esters is 1. The Kier molecular flexibility index (Phi) is 15.1. The molecule has 1 aromatic heterocycles. The number of aromatic nitrogens is 1. The number of pyridine rings is 1. The Morgan fingerprint density at radius 1 is 0.733 bits per heavy atom. The monoisotopic (exact) mass is 639 g/mol. The van der Waals surface area contributed by atoms with Crippen LogP contribution >= 0.6 is 0 Å². The minimum atomic E-state index is -0.515. The van der Waals surface area contributed by atoms with Crippen LogP contribution in [0.3, 0.4) is 0 Å². The third-order valence-electron chi connectivity index (χ3n) is 6.76. The summed E-state index contributed by atoms with van der Waals surface area (Å²) >= 11 is 0. The van der Waals surface area contributed by atoms with Crippen molar-refractivity contribution in [2.45, 2.75) is 77.7 Å². The van der Waals surface area contributed by atoms with E-state index in [4.69, 9.17) is 37.9 Å². The summed E-state index contributed by atoms with van der Waals surface area (Å²) in [6.45, 7) is 16.5. The van der Waals surface area contributed by atoms with Gasteiger partial charge >= 0.3 is 12.1 Å². The average molecular weight is 640 g/mol. The molecule has 0 aliphatic carbocycles. The Bertz CT molecular complexity index is 1020. The van der Waals surface area contributed by atoms with Gasteiger partial charge in [-0.15, -0.1) is 0 Å². The lowest BCUT2D eigenvalue weighted by Gasteiger charge is -2.42. The number of amides is 1. The third kappa shape index (κ3) is 14.5. The highest BCUT2D eigenvalue weighted by Gasteiger charge is 2.42. The van der Waals surface area contributed by atoms with E-state index in [2.05, 4.69) is 9.88 Å². The highest BCUT2D eigenvalue weighted by atomic mass is 16.6. The molecule has 2 fully saturated rings. The van der Waals surface area contributed by atoms with Crippen molar-refractivity contribution in [3.63, 3.8) is 0 Å². The van der Waals surface area contributed by atoms with Crippen molar-refractivity contribution in [1.29, 1.82) is 0 Å². The van der Waals surface area contributed by atoms with Gasteiger partial charge in [0.05, 0.1) is 59.5 Å². The molecule has 2 aliphatic rings. The number of carbonyl (C=O) groups excluding carboxylic acids is 2. The fourth-order valence-electron chi connectivity index (χ4n) is 5.05. The molecule has 0 radical (unpaired) electrons. The van der Waals surface area contributed by atoms with Gasteiger partial charge in [-0.1, -0.05) is 0 Å². The van der Waals surface area contributed by atoms with Gasteiger partial charge in [-0.25, -0.2) is 14.6 Å². The van der Waals surface area contributed by atoms with E-state index in [9.17, 15) is 9.59 Å². The van der Waals surface area contributed by atoms with E-state index in [0.29, 0.717) is 85.0 Å². The minimum absolute atomic E-state index is 0.0874. The van der Waals surface area contributed by atoms with Crippen LogP contribution < -0.4 is 9.64 Å². The van der Waals surface area contributed by atoms with Gasteiger partial charge in [0, 0.05) is 43.1 Å². The standard InChI is InChI=1S/C32H53N3O10/c1-31(2,3)44-29(36)24-42-18-17-40-14-13-38-11-12-39-15-16-41-19-20-43-28-21-25(9-10-33-28)35-26-7-8-27(35)23-34(22-26)30(37)45-32(4,5)6/h9-10,21,26-27H,7-8,11-20,22-24H2,1-6H3. The Morgan fingerprint density at radius 2 is 1.22 bits per heavy atom. The molecular formula is C32H53N3O10. The molecule has 256 valence electrons. The van der Waals surface area contributed by atoms with Crippen molar-refractivity contribution in [2.24, 2.45) is 0 Å². The molecule has 0 spiro atoms. The number of hydrogen-bond acceptors (Lipinski definition) is 12. The SMILES string of the molecule is CC(C)(C)OC(=O)COCCOCCOCCOCCOCCOc1cc(N2C3CCC2CN(C(=O)OC(C)(C)C)C3)ccn1. The molecule has 0 saturated carbocycles. The van der Waals surface area contributed by atoms with Crippen LogP contribution in [0.1, 0.15) is 54.4 Å². The summed E-state index contributed by atoms with van der Waals surface area (Å²) in [5.41, 5.74) is 0.0423. The zero-order valence-electron chi connectivity index (χ0n) is 27.9. The predicted octanol–water partition coefficient (Wildman–Crippen LogP) is 3.47.